The van der Waals surface area contributed by atoms with E-state index in [1.807, 2.05) is 18.7 Å². The van der Waals surface area contributed by atoms with Crippen LogP contribution in [0.2, 0.25) is 0 Å². The molecule has 0 saturated heterocycles. The van der Waals surface area contributed by atoms with Crippen molar-refractivity contribution in [2.75, 3.05) is 16.9 Å². The van der Waals surface area contributed by atoms with E-state index in [0.717, 1.165) is 6.54 Å². The van der Waals surface area contributed by atoms with Gasteiger partial charge >= 0.3 is 0 Å². The Morgan fingerprint density at radius 3 is 2.47 bits per heavy atom. The van der Waals surface area contributed by atoms with E-state index in [4.69, 9.17) is 5.84 Å². The van der Waals surface area contributed by atoms with Gasteiger partial charge in [-0.15, -0.1) is 0 Å². The lowest BCUT2D eigenvalue weighted by molar-refractivity contribution is -0.384. The third-order valence-electron chi connectivity index (χ3n) is 2.63. The zero-order valence-corrected chi connectivity index (χ0v) is 11.8. The average Bonchev–Trinajstić information content (AvgIpc) is 2.34. The molecule has 3 N–H and O–H groups in total. The number of aromatic nitrogens is 1. The molecule has 1 heterocycles. The highest BCUT2D eigenvalue weighted by Gasteiger charge is 2.18. The highest BCUT2D eigenvalue weighted by molar-refractivity contribution is 5.55. The van der Waals surface area contributed by atoms with Gasteiger partial charge in [0, 0.05) is 12.6 Å². The molecule has 0 aromatic carbocycles. The summed E-state index contributed by atoms with van der Waals surface area (Å²) in [6.07, 6.45) is 0. The second-order valence-corrected chi connectivity index (χ2v) is 5.11. The predicted octanol–water partition coefficient (Wildman–Crippen LogP) is 2.15. The summed E-state index contributed by atoms with van der Waals surface area (Å²) in [5, 5.41) is 10.9. The van der Waals surface area contributed by atoms with Gasteiger partial charge in [-0.3, -0.25) is 10.1 Å². The normalized spacial score (nSPS) is 10.9. The Hall–Kier alpha value is -1.89. The monoisotopic (exact) mass is 267 g/mol. The maximum atomic E-state index is 10.9. The van der Waals surface area contributed by atoms with Gasteiger partial charge in [0.2, 0.25) is 0 Å². The molecule has 0 aliphatic rings. The molecule has 7 nitrogen and oxygen atoms in total. The highest BCUT2D eigenvalue weighted by atomic mass is 16.6. The van der Waals surface area contributed by atoms with E-state index in [-0.39, 0.29) is 11.7 Å². The Bertz CT molecular complexity index is 448. The van der Waals surface area contributed by atoms with Crippen molar-refractivity contribution in [3.05, 3.63) is 22.2 Å². The Morgan fingerprint density at radius 2 is 2.05 bits per heavy atom. The van der Waals surface area contributed by atoms with Gasteiger partial charge < -0.3 is 10.3 Å². The lowest BCUT2D eigenvalue weighted by Crippen LogP contribution is -2.35. The van der Waals surface area contributed by atoms with Crippen molar-refractivity contribution in [2.24, 2.45) is 11.8 Å². The molecule has 0 atom stereocenters. The number of nitrogens with one attached hydrogen (secondary N) is 1. The summed E-state index contributed by atoms with van der Waals surface area (Å²) in [6.45, 7) is 9.01. The van der Waals surface area contributed by atoms with E-state index in [0.29, 0.717) is 17.6 Å². The maximum Gasteiger partial charge on any atom is 0.276 e. The third kappa shape index (κ3) is 4.06. The van der Waals surface area contributed by atoms with Crippen LogP contribution in [0.5, 0.6) is 0 Å². The van der Waals surface area contributed by atoms with E-state index >= 15 is 0 Å². The van der Waals surface area contributed by atoms with Crippen LogP contribution in [0, 0.1) is 16.0 Å². The summed E-state index contributed by atoms with van der Waals surface area (Å²) in [5.41, 5.74) is 2.35. The molecule has 1 rings (SSSR count). The minimum atomic E-state index is -0.445. The minimum Gasteiger partial charge on any atom is -0.354 e. The van der Waals surface area contributed by atoms with Crippen molar-refractivity contribution in [3.63, 3.8) is 0 Å². The summed E-state index contributed by atoms with van der Waals surface area (Å²) in [7, 11) is 0. The molecule has 0 bridgehead atoms. The van der Waals surface area contributed by atoms with Crippen LogP contribution in [0.25, 0.3) is 0 Å². The number of rotatable bonds is 6. The highest BCUT2D eigenvalue weighted by Crippen LogP contribution is 2.25. The first-order chi connectivity index (χ1) is 8.85. The molecule has 0 saturated carbocycles. The summed E-state index contributed by atoms with van der Waals surface area (Å²) in [4.78, 5) is 16.8. The molecule has 0 fully saturated rings. The standard InChI is InChI=1S/C12H21N5O2/c1-8(2)7-16(9(3)4)12-6-10(17(18)19)5-11(14-12)15-13/h5-6,8-9H,7,13H2,1-4H3,(H,14,15). The molecule has 106 valence electrons. The molecule has 0 aliphatic carbocycles. The van der Waals surface area contributed by atoms with Crippen molar-refractivity contribution in [3.8, 4) is 0 Å². The Morgan fingerprint density at radius 1 is 1.42 bits per heavy atom. The van der Waals surface area contributed by atoms with Gasteiger partial charge in [-0.25, -0.2) is 10.8 Å². The first-order valence-corrected chi connectivity index (χ1v) is 6.25. The smallest absolute Gasteiger partial charge is 0.276 e. The summed E-state index contributed by atoms with van der Waals surface area (Å²) >= 11 is 0. The number of nitrogens with zero attached hydrogens (tertiary/aromatic N) is 3. The molecule has 19 heavy (non-hydrogen) atoms. The summed E-state index contributed by atoms with van der Waals surface area (Å²) < 4.78 is 0. The Labute approximate surface area is 112 Å². The predicted molar refractivity (Wildman–Crippen MR) is 76.0 cm³/mol. The van der Waals surface area contributed by atoms with Crippen LogP contribution >= 0.6 is 0 Å². The Balaban J connectivity index is 3.21. The number of hydrogen-bond donors (Lipinski definition) is 2. The fraction of sp³-hybridized carbons (Fsp3) is 0.583. The molecule has 0 unspecified atom stereocenters. The fourth-order valence-electron chi connectivity index (χ4n) is 1.79. The van der Waals surface area contributed by atoms with Gasteiger partial charge in [0.1, 0.15) is 11.6 Å². The lowest BCUT2D eigenvalue weighted by atomic mass is 10.1. The second kappa shape index (κ2) is 6.33. The second-order valence-electron chi connectivity index (χ2n) is 5.11. The van der Waals surface area contributed by atoms with Crippen LogP contribution in [0.3, 0.4) is 0 Å². The number of hydrazine groups is 1. The number of nitrogens with two attached hydrogens (primary N) is 1. The van der Waals surface area contributed by atoms with Crippen molar-refractivity contribution in [2.45, 2.75) is 33.7 Å². The molecular formula is C12H21N5O2. The molecule has 0 amide bonds. The zero-order valence-electron chi connectivity index (χ0n) is 11.8. The average molecular weight is 267 g/mol. The number of pyridine rings is 1. The number of nitrogen functional groups attached to an aromatic ring is 1. The van der Waals surface area contributed by atoms with Gasteiger partial charge in [-0.05, 0) is 19.8 Å². The van der Waals surface area contributed by atoms with E-state index in [9.17, 15) is 10.1 Å². The van der Waals surface area contributed by atoms with Gasteiger partial charge in [0.15, 0.2) is 0 Å². The van der Waals surface area contributed by atoms with E-state index in [2.05, 4.69) is 24.3 Å². The number of nitro groups is 1. The fourth-order valence-corrected chi connectivity index (χ4v) is 1.79. The maximum absolute atomic E-state index is 10.9. The minimum absolute atomic E-state index is 0.0210. The van der Waals surface area contributed by atoms with E-state index in [1.54, 1.807) is 0 Å². The van der Waals surface area contributed by atoms with Crippen LogP contribution in [-0.2, 0) is 0 Å². The summed E-state index contributed by atoms with van der Waals surface area (Å²) in [6, 6.07) is 2.99. The quantitative estimate of drug-likeness (QED) is 0.465. The topological polar surface area (TPSA) is 97.3 Å². The van der Waals surface area contributed by atoms with Crippen LogP contribution in [-0.4, -0.2) is 22.5 Å². The van der Waals surface area contributed by atoms with Crippen molar-refractivity contribution in [1.82, 2.24) is 4.98 Å². The SMILES string of the molecule is CC(C)CN(c1cc([N+](=O)[O-])cc(NN)n1)C(C)C. The van der Waals surface area contributed by atoms with Crippen LogP contribution in [0.15, 0.2) is 12.1 Å². The van der Waals surface area contributed by atoms with Crippen LogP contribution < -0.4 is 16.2 Å². The number of anilines is 2. The first kappa shape index (κ1) is 15.2. The van der Waals surface area contributed by atoms with Crippen molar-refractivity contribution in [1.29, 1.82) is 0 Å². The molecule has 0 spiro atoms. The van der Waals surface area contributed by atoms with Gasteiger partial charge in [0.05, 0.1) is 17.1 Å². The zero-order chi connectivity index (χ0) is 14.6. The molecule has 1 aromatic heterocycles. The van der Waals surface area contributed by atoms with E-state index in [1.165, 1.54) is 12.1 Å². The third-order valence-corrected chi connectivity index (χ3v) is 2.63. The first-order valence-electron chi connectivity index (χ1n) is 6.25. The van der Waals surface area contributed by atoms with E-state index < -0.39 is 4.92 Å². The van der Waals surface area contributed by atoms with Gasteiger partial charge in [0.25, 0.3) is 5.69 Å². The van der Waals surface area contributed by atoms with Gasteiger partial charge in [-0.1, -0.05) is 13.8 Å². The van der Waals surface area contributed by atoms with Crippen molar-refractivity contribution >= 4 is 17.3 Å². The molecular weight excluding hydrogens is 246 g/mol. The van der Waals surface area contributed by atoms with Crippen molar-refractivity contribution < 1.29 is 4.92 Å². The lowest BCUT2D eigenvalue weighted by Gasteiger charge is -2.29. The molecule has 1 aromatic rings. The number of hydrogen-bond acceptors (Lipinski definition) is 6. The molecule has 7 heteroatoms. The summed E-state index contributed by atoms with van der Waals surface area (Å²) in [5.74, 6) is 6.59. The Kier molecular flexibility index (Phi) is 5.05. The van der Waals surface area contributed by atoms with Crippen LogP contribution in [0.4, 0.5) is 17.3 Å². The van der Waals surface area contributed by atoms with Gasteiger partial charge in [-0.2, -0.15) is 0 Å². The molecule has 0 aliphatic heterocycles. The largest absolute Gasteiger partial charge is 0.354 e. The molecule has 0 radical (unpaired) electrons. The van der Waals surface area contributed by atoms with Crippen LogP contribution in [0.1, 0.15) is 27.7 Å².